The molecular formula is C22H21ClN2O4S. The highest BCUT2D eigenvalue weighted by Crippen LogP contribution is 2.30. The molecule has 6 nitrogen and oxygen atoms in total. The highest BCUT2D eigenvalue weighted by Gasteiger charge is 2.27. The van der Waals surface area contributed by atoms with Crippen molar-refractivity contribution in [1.82, 2.24) is 0 Å². The predicted octanol–water partition coefficient (Wildman–Crippen LogP) is 5.28. The molecule has 0 saturated heterocycles. The van der Waals surface area contributed by atoms with Crippen molar-refractivity contribution in [2.45, 2.75) is 24.8 Å². The molecule has 30 heavy (non-hydrogen) atoms. The number of rotatable bonds is 6. The lowest BCUT2D eigenvalue weighted by atomic mass is 10.1. The first kappa shape index (κ1) is 21.7. The first-order chi connectivity index (χ1) is 14.2. The summed E-state index contributed by atoms with van der Waals surface area (Å²) in [6.07, 6.45) is 0. The molecule has 2 N–H and O–H groups in total. The molecule has 0 heterocycles. The van der Waals surface area contributed by atoms with Crippen molar-refractivity contribution in [2.24, 2.45) is 0 Å². The third-order valence-corrected chi connectivity index (χ3v) is 6.47. The third kappa shape index (κ3) is 4.75. The first-order valence-corrected chi connectivity index (χ1v) is 11.0. The van der Waals surface area contributed by atoms with Gasteiger partial charge in [-0.2, -0.15) is 0 Å². The van der Waals surface area contributed by atoms with Crippen molar-refractivity contribution in [1.29, 1.82) is 0 Å². The van der Waals surface area contributed by atoms with Gasteiger partial charge in [-0.3, -0.25) is 4.31 Å². The van der Waals surface area contributed by atoms with Gasteiger partial charge in [0.2, 0.25) is 0 Å². The van der Waals surface area contributed by atoms with Crippen molar-refractivity contribution < 1.29 is 17.9 Å². The lowest BCUT2D eigenvalue weighted by molar-refractivity contribution is 0.225. The molecule has 0 fully saturated rings. The normalized spacial score (nSPS) is 11.3. The fraction of sp³-hybridized carbons (Fsp3) is 0.136. The Bertz CT molecular complexity index is 1140. The molecule has 0 spiro atoms. The summed E-state index contributed by atoms with van der Waals surface area (Å²) in [5.74, 6) is 0.303. The maximum atomic E-state index is 13.4. The number of nitrogens with zero attached hydrogens (tertiary/aromatic N) is 1. The summed E-state index contributed by atoms with van der Waals surface area (Å²) in [6, 6.07) is 19.7. The monoisotopic (exact) mass is 444 g/mol. The molecule has 0 bridgehead atoms. The van der Waals surface area contributed by atoms with E-state index >= 15 is 0 Å². The van der Waals surface area contributed by atoms with E-state index in [0.717, 1.165) is 5.56 Å². The van der Waals surface area contributed by atoms with Crippen molar-refractivity contribution in [3.05, 3.63) is 72.8 Å². The van der Waals surface area contributed by atoms with Crippen LogP contribution in [0.1, 0.15) is 13.8 Å². The van der Waals surface area contributed by atoms with E-state index in [1.165, 1.54) is 4.31 Å². The fourth-order valence-corrected chi connectivity index (χ4v) is 4.89. The number of carbonyl (C=O) groups is 1. The van der Waals surface area contributed by atoms with Gasteiger partial charge in [-0.15, -0.1) is 0 Å². The van der Waals surface area contributed by atoms with Crippen LogP contribution in [-0.2, 0) is 10.0 Å². The summed E-state index contributed by atoms with van der Waals surface area (Å²) < 4.78 is 33.1. The van der Waals surface area contributed by atoms with Crippen molar-refractivity contribution >= 4 is 38.4 Å². The van der Waals surface area contributed by atoms with E-state index in [2.05, 4.69) is 0 Å². The largest absolute Gasteiger partial charge is 0.415 e. The van der Waals surface area contributed by atoms with Gasteiger partial charge in [0, 0.05) is 23.3 Å². The second-order valence-corrected chi connectivity index (χ2v) is 9.00. The van der Waals surface area contributed by atoms with Crippen LogP contribution in [0, 0.1) is 0 Å². The smallest absolute Gasteiger partial charge is 0.409 e. The van der Waals surface area contributed by atoms with Gasteiger partial charge < -0.3 is 10.5 Å². The molecule has 3 rings (SSSR count). The Morgan fingerprint density at radius 2 is 1.60 bits per heavy atom. The second-order valence-electron chi connectivity index (χ2n) is 6.88. The number of sulfonamides is 1. The van der Waals surface area contributed by atoms with Crippen LogP contribution >= 0.6 is 11.6 Å². The fourth-order valence-electron chi connectivity index (χ4n) is 3.09. The molecule has 0 atom stereocenters. The molecule has 0 saturated carbocycles. The van der Waals surface area contributed by atoms with E-state index in [1.807, 2.05) is 19.9 Å². The summed E-state index contributed by atoms with van der Waals surface area (Å²) in [7, 11) is -3.82. The van der Waals surface area contributed by atoms with Crippen molar-refractivity contribution in [3.63, 3.8) is 0 Å². The Kier molecular flexibility index (Phi) is 6.34. The van der Waals surface area contributed by atoms with Gasteiger partial charge in [-0.05, 0) is 73.5 Å². The number of anilines is 2. The van der Waals surface area contributed by atoms with Gasteiger partial charge in [-0.1, -0.05) is 24.3 Å². The van der Waals surface area contributed by atoms with Crippen LogP contribution in [-0.4, -0.2) is 19.9 Å². The van der Waals surface area contributed by atoms with Gasteiger partial charge >= 0.3 is 5.43 Å². The SMILES string of the molecule is CC(C)N(c1ccc(N)cc1)S(=O)(=O)c1cccc(-c2ccc(OC(=O)Cl)cc2)c1. The van der Waals surface area contributed by atoms with Crippen molar-refractivity contribution in [3.8, 4) is 16.9 Å². The van der Waals surface area contributed by atoms with E-state index in [-0.39, 0.29) is 10.9 Å². The van der Waals surface area contributed by atoms with E-state index < -0.39 is 15.5 Å². The average molecular weight is 445 g/mol. The Hall–Kier alpha value is -3.03. The molecule has 0 aliphatic rings. The molecule has 0 aromatic heterocycles. The summed E-state index contributed by atoms with van der Waals surface area (Å²) >= 11 is 5.21. The number of hydrogen-bond acceptors (Lipinski definition) is 5. The first-order valence-electron chi connectivity index (χ1n) is 9.16. The molecule has 3 aromatic carbocycles. The van der Waals surface area contributed by atoms with Crippen LogP contribution in [0.3, 0.4) is 0 Å². The zero-order chi connectivity index (χ0) is 21.9. The van der Waals surface area contributed by atoms with Gasteiger partial charge in [0.15, 0.2) is 0 Å². The standard InChI is InChI=1S/C22H21ClN2O4S/c1-15(2)25(19-10-8-18(24)9-11-19)30(27,28)21-5-3-4-17(14-21)16-6-12-20(13-7-16)29-22(23)26/h3-15H,24H2,1-2H3. The van der Waals surface area contributed by atoms with E-state index in [1.54, 1.807) is 66.7 Å². The van der Waals surface area contributed by atoms with E-state index in [4.69, 9.17) is 22.1 Å². The lowest BCUT2D eigenvalue weighted by Crippen LogP contribution is -2.37. The van der Waals surface area contributed by atoms with Gasteiger partial charge in [-0.25, -0.2) is 13.2 Å². The molecule has 3 aromatic rings. The van der Waals surface area contributed by atoms with Crippen LogP contribution in [0.5, 0.6) is 5.75 Å². The Balaban J connectivity index is 1.98. The Labute approximate surface area is 180 Å². The van der Waals surface area contributed by atoms with E-state index in [9.17, 15) is 13.2 Å². The van der Waals surface area contributed by atoms with Crippen LogP contribution in [0.15, 0.2) is 77.7 Å². The molecule has 0 aliphatic heterocycles. The number of hydrogen-bond donors (Lipinski definition) is 1. The minimum atomic E-state index is -3.82. The summed E-state index contributed by atoms with van der Waals surface area (Å²) in [5, 5.41) is 0. The van der Waals surface area contributed by atoms with Crippen LogP contribution in [0.4, 0.5) is 16.2 Å². The molecule has 0 radical (unpaired) electrons. The topological polar surface area (TPSA) is 89.7 Å². The van der Waals surface area contributed by atoms with Crippen molar-refractivity contribution in [2.75, 3.05) is 10.0 Å². The zero-order valence-corrected chi connectivity index (χ0v) is 18.0. The molecule has 0 unspecified atom stereocenters. The third-order valence-electron chi connectivity index (χ3n) is 4.39. The predicted molar refractivity (Wildman–Crippen MR) is 119 cm³/mol. The minimum absolute atomic E-state index is 0.168. The van der Waals surface area contributed by atoms with Gasteiger partial charge in [0.05, 0.1) is 10.6 Å². The zero-order valence-electron chi connectivity index (χ0n) is 16.4. The molecule has 0 amide bonds. The number of halogens is 1. The van der Waals surface area contributed by atoms with E-state index in [0.29, 0.717) is 22.7 Å². The van der Waals surface area contributed by atoms with Crippen LogP contribution < -0.4 is 14.8 Å². The Morgan fingerprint density at radius 3 is 2.17 bits per heavy atom. The summed E-state index contributed by atoms with van der Waals surface area (Å²) in [5.41, 5.74) is 7.39. The highest BCUT2D eigenvalue weighted by molar-refractivity contribution is 7.92. The summed E-state index contributed by atoms with van der Waals surface area (Å²) in [6.45, 7) is 3.63. The van der Waals surface area contributed by atoms with Crippen LogP contribution in [0.2, 0.25) is 0 Å². The number of nitrogens with two attached hydrogens (primary N) is 1. The number of nitrogen functional groups attached to an aromatic ring is 1. The summed E-state index contributed by atoms with van der Waals surface area (Å²) in [4.78, 5) is 11.0. The average Bonchev–Trinajstić information content (AvgIpc) is 2.69. The molecule has 8 heteroatoms. The Morgan fingerprint density at radius 1 is 0.967 bits per heavy atom. The minimum Gasteiger partial charge on any atom is -0.415 e. The maximum Gasteiger partial charge on any atom is 0.409 e. The molecular weight excluding hydrogens is 424 g/mol. The lowest BCUT2D eigenvalue weighted by Gasteiger charge is -2.28. The number of ether oxygens (including phenoxy) is 1. The quantitative estimate of drug-likeness (QED) is 0.412. The molecule has 156 valence electrons. The number of benzene rings is 3. The second kappa shape index (κ2) is 8.77. The number of carbonyl (C=O) groups excluding carboxylic acids is 1. The van der Waals surface area contributed by atoms with Gasteiger partial charge in [0.25, 0.3) is 10.0 Å². The molecule has 0 aliphatic carbocycles. The maximum absolute atomic E-state index is 13.4. The van der Waals surface area contributed by atoms with Gasteiger partial charge in [0.1, 0.15) is 5.75 Å². The van der Waals surface area contributed by atoms with Crippen LogP contribution in [0.25, 0.3) is 11.1 Å². The highest BCUT2D eigenvalue weighted by atomic mass is 35.5.